The van der Waals surface area contributed by atoms with Crippen molar-refractivity contribution in [1.82, 2.24) is 9.62 Å². The minimum absolute atomic E-state index is 0.112. The summed E-state index contributed by atoms with van der Waals surface area (Å²) in [6.07, 6.45) is 0.914. The van der Waals surface area contributed by atoms with Crippen molar-refractivity contribution in [2.24, 2.45) is 0 Å². The van der Waals surface area contributed by atoms with Gasteiger partial charge in [0.25, 0.3) is 0 Å². The van der Waals surface area contributed by atoms with Gasteiger partial charge in [-0.2, -0.15) is 0 Å². The fourth-order valence-electron chi connectivity index (χ4n) is 2.80. The average molecular weight is 403 g/mol. The topological polar surface area (TPSA) is 24.5 Å². The molecular weight excluding hydrogens is 376 g/mol. The van der Waals surface area contributed by atoms with Crippen molar-refractivity contribution >= 4 is 28.5 Å². The summed E-state index contributed by atoms with van der Waals surface area (Å²) in [6.45, 7) is 9.19. The first kappa shape index (κ1) is 20.1. The van der Waals surface area contributed by atoms with Crippen LogP contribution in [0.1, 0.15) is 32.8 Å². The molecule has 3 nitrogen and oxygen atoms in total. The molecule has 5 heteroatoms. The van der Waals surface area contributed by atoms with E-state index in [1.165, 1.54) is 16.2 Å². The molecular formula is C22H27ClN2OS. The molecule has 1 aliphatic heterocycles. The van der Waals surface area contributed by atoms with E-state index < -0.39 is 0 Å². The summed E-state index contributed by atoms with van der Waals surface area (Å²) in [6, 6.07) is 18.2. The van der Waals surface area contributed by atoms with Crippen LogP contribution in [0.4, 0.5) is 0 Å². The third-order valence-electron chi connectivity index (χ3n) is 4.32. The quantitative estimate of drug-likeness (QED) is 0.465. The van der Waals surface area contributed by atoms with Gasteiger partial charge < -0.3 is 10.1 Å². The molecule has 0 aromatic heterocycles. The molecule has 0 saturated heterocycles. The molecule has 0 aliphatic carbocycles. The molecule has 1 heterocycles. The predicted octanol–water partition coefficient (Wildman–Crippen LogP) is 5.83. The summed E-state index contributed by atoms with van der Waals surface area (Å²) in [5.74, 6) is 0.749. The van der Waals surface area contributed by atoms with E-state index in [2.05, 4.69) is 60.7 Å². The number of hydrogen-bond acceptors (Lipinski definition) is 4. The molecule has 0 fully saturated rings. The van der Waals surface area contributed by atoms with Gasteiger partial charge in [0.1, 0.15) is 5.75 Å². The fraction of sp³-hybridized carbons (Fsp3) is 0.364. The Kier molecular flexibility index (Phi) is 6.74. The summed E-state index contributed by atoms with van der Waals surface area (Å²) in [7, 11) is 0. The number of hydrogen-bond donors (Lipinski definition) is 1. The van der Waals surface area contributed by atoms with Crippen LogP contribution < -0.4 is 10.1 Å². The van der Waals surface area contributed by atoms with Crippen molar-refractivity contribution in [3.63, 3.8) is 0 Å². The Hall–Kier alpha value is -1.62. The molecule has 0 bridgehead atoms. The first-order valence-corrected chi connectivity index (χ1v) is 10.5. The van der Waals surface area contributed by atoms with Gasteiger partial charge in [0.2, 0.25) is 0 Å². The van der Waals surface area contributed by atoms with E-state index in [9.17, 15) is 0 Å². The van der Waals surface area contributed by atoms with Gasteiger partial charge in [0.15, 0.2) is 0 Å². The molecule has 1 aliphatic rings. The van der Waals surface area contributed by atoms with Gasteiger partial charge in [-0.25, -0.2) is 4.31 Å². The zero-order valence-electron chi connectivity index (χ0n) is 16.2. The summed E-state index contributed by atoms with van der Waals surface area (Å²) in [5.41, 5.74) is 2.67. The van der Waals surface area contributed by atoms with E-state index in [1.54, 1.807) is 0 Å². The smallest absolute Gasteiger partial charge is 0.137 e. The molecule has 0 radical (unpaired) electrons. The van der Waals surface area contributed by atoms with Crippen LogP contribution in [0.15, 0.2) is 60.3 Å². The molecule has 27 heavy (non-hydrogen) atoms. The first-order chi connectivity index (χ1) is 12.9. The monoisotopic (exact) mass is 402 g/mol. The molecule has 0 spiro atoms. The Bertz CT molecular complexity index is 786. The second-order valence-corrected chi connectivity index (χ2v) is 8.97. The number of rotatable bonds is 7. The van der Waals surface area contributed by atoms with Crippen LogP contribution >= 0.6 is 23.5 Å². The van der Waals surface area contributed by atoms with Crippen LogP contribution in [0.5, 0.6) is 5.75 Å². The molecule has 1 N–H and O–H groups in total. The zero-order chi connectivity index (χ0) is 19.3. The Morgan fingerprint density at radius 1 is 1.07 bits per heavy atom. The highest BCUT2D eigenvalue weighted by Crippen LogP contribution is 2.42. The van der Waals surface area contributed by atoms with E-state index in [0.717, 1.165) is 25.3 Å². The van der Waals surface area contributed by atoms with Crippen molar-refractivity contribution in [3.05, 3.63) is 70.9 Å². The lowest BCUT2D eigenvalue weighted by molar-refractivity contribution is 0.290. The Morgan fingerprint density at radius 2 is 1.78 bits per heavy atom. The Balaban J connectivity index is 1.58. The number of nitrogens with zero attached hydrogens (tertiary/aromatic N) is 1. The van der Waals surface area contributed by atoms with Crippen molar-refractivity contribution < 1.29 is 4.74 Å². The number of halogens is 1. The van der Waals surface area contributed by atoms with E-state index in [1.807, 2.05) is 36.2 Å². The van der Waals surface area contributed by atoms with Gasteiger partial charge in [-0.1, -0.05) is 54.1 Å². The zero-order valence-corrected chi connectivity index (χ0v) is 17.7. The van der Waals surface area contributed by atoms with Crippen LogP contribution in [-0.4, -0.2) is 29.5 Å². The highest BCUT2D eigenvalue weighted by molar-refractivity contribution is 8.06. The number of ether oxygens (including phenoxy) is 1. The number of para-hydroxylation sites is 1. The second kappa shape index (κ2) is 9.05. The van der Waals surface area contributed by atoms with Crippen molar-refractivity contribution in [2.75, 3.05) is 19.7 Å². The highest BCUT2D eigenvalue weighted by Gasteiger charge is 2.31. The van der Waals surface area contributed by atoms with Crippen LogP contribution in [0.25, 0.3) is 4.91 Å². The van der Waals surface area contributed by atoms with Crippen LogP contribution in [0.3, 0.4) is 0 Å². The van der Waals surface area contributed by atoms with Crippen LogP contribution in [0, 0.1) is 0 Å². The minimum Gasteiger partial charge on any atom is -0.492 e. The predicted molar refractivity (Wildman–Crippen MR) is 117 cm³/mol. The SMILES string of the molecule is CC(C)(C)N1CC(NCCCOc2ccccc2Cl)=C(c2ccccc2)S1. The minimum atomic E-state index is 0.112. The van der Waals surface area contributed by atoms with Gasteiger partial charge >= 0.3 is 0 Å². The second-order valence-electron chi connectivity index (χ2n) is 7.53. The largest absolute Gasteiger partial charge is 0.492 e. The maximum absolute atomic E-state index is 6.13. The lowest BCUT2D eigenvalue weighted by atomic mass is 10.1. The third kappa shape index (κ3) is 5.44. The van der Waals surface area contributed by atoms with Crippen molar-refractivity contribution in [2.45, 2.75) is 32.7 Å². The van der Waals surface area contributed by atoms with Gasteiger partial charge in [0.05, 0.1) is 23.1 Å². The van der Waals surface area contributed by atoms with E-state index in [4.69, 9.17) is 16.3 Å². The molecule has 0 unspecified atom stereocenters. The van der Waals surface area contributed by atoms with Gasteiger partial charge in [-0.05, 0) is 56.8 Å². The third-order valence-corrected chi connectivity index (χ3v) is 6.19. The number of benzene rings is 2. The highest BCUT2D eigenvalue weighted by atomic mass is 35.5. The molecule has 0 atom stereocenters. The Morgan fingerprint density at radius 3 is 2.48 bits per heavy atom. The first-order valence-electron chi connectivity index (χ1n) is 9.30. The average Bonchev–Trinajstić information content (AvgIpc) is 3.08. The molecule has 2 aromatic carbocycles. The number of nitrogens with one attached hydrogen (secondary N) is 1. The molecule has 0 amide bonds. The molecule has 2 aromatic rings. The standard InChI is InChI=1S/C22H27ClN2OS/c1-22(2,3)25-16-19(21(27-25)17-10-5-4-6-11-17)24-14-9-15-26-20-13-8-7-12-18(20)23/h4-8,10-13,24H,9,14-16H2,1-3H3. The lowest BCUT2D eigenvalue weighted by Crippen LogP contribution is -2.36. The van der Waals surface area contributed by atoms with E-state index >= 15 is 0 Å². The van der Waals surface area contributed by atoms with Crippen LogP contribution in [0.2, 0.25) is 5.02 Å². The summed E-state index contributed by atoms with van der Waals surface area (Å²) in [5, 5.41) is 4.30. The van der Waals surface area contributed by atoms with Gasteiger partial charge in [-0.3, -0.25) is 0 Å². The molecule has 0 saturated carbocycles. The Labute approximate surface area is 171 Å². The van der Waals surface area contributed by atoms with E-state index in [0.29, 0.717) is 11.6 Å². The lowest BCUT2D eigenvalue weighted by Gasteiger charge is -2.30. The normalized spacial score (nSPS) is 15.3. The van der Waals surface area contributed by atoms with Crippen molar-refractivity contribution in [1.29, 1.82) is 0 Å². The van der Waals surface area contributed by atoms with Crippen LogP contribution in [-0.2, 0) is 0 Å². The fourth-order valence-corrected chi connectivity index (χ4v) is 4.16. The van der Waals surface area contributed by atoms with Gasteiger partial charge in [0, 0.05) is 17.8 Å². The molecule has 3 rings (SSSR count). The van der Waals surface area contributed by atoms with E-state index in [-0.39, 0.29) is 5.54 Å². The molecule has 144 valence electrons. The summed E-state index contributed by atoms with van der Waals surface area (Å²) >= 11 is 7.97. The summed E-state index contributed by atoms with van der Waals surface area (Å²) in [4.78, 5) is 1.32. The van der Waals surface area contributed by atoms with Gasteiger partial charge in [-0.15, -0.1) is 0 Å². The maximum atomic E-state index is 6.13. The summed E-state index contributed by atoms with van der Waals surface area (Å²) < 4.78 is 8.21. The van der Waals surface area contributed by atoms with Crippen molar-refractivity contribution in [3.8, 4) is 5.75 Å². The maximum Gasteiger partial charge on any atom is 0.137 e.